The molecule has 0 rings (SSSR count). The number of carbonyl (C=O) groups excluding carboxylic acids is 2. The van der Waals surface area contributed by atoms with Crippen LogP contribution in [-0.2, 0) is 23.4 Å². The fourth-order valence-electron chi connectivity index (χ4n) is 0.389. The molecule has 0 saturated heterocycles. The zero-order chi connectivity index (χ0) is 10.5. The molecular formula is C5H8O7P-. The second-order valence-electron chi connectivity index (χ2n) is 1.99. The van der Waals surface area contributed by atoms with Gasteiger partial charge >= 0.3 is 5.97 Å². The van der Waals surface area contributed by atoms with E-state index in [0.29, 0.717) is 0 Å². The molecule has 0 aromatic heterocycles. The van der Waals surface area contributed by atoms with E-state index in [-0.39, 0.29) is 0 Å². The molecule has 0 amide bonds. The van der Waals surface area contributed by atoms with Gasteiger partial charge in [-0.25, -0.2) is 4.79 Å². The fraction of sp³-hybridized carbons (Fsp3) is 0.600. The Bertz CT molecular complexity index is 241. The van der Waals surface area contributed by atoms with Gasteiger partial charge in [-0.2, -0.15) is 0 Å². The van der Waals surface area contributed by atoms with Crippen molar-refractivity contribution in [1.29, 1.82) is 0 Å². The Kier molecular flexibility index (Phi) is 4.79. The van der Waals surface area contributed by atoms with Gasteiger partial charge in [0.1, 0.15) is 6.61 Å². The topological polar surface area (TPSA) is 113 Å². The number of phosphoric ester groups is 1. The van der Waals surface area contributed by atoms with Crippen LogP contribution in [0, 0.1) is 0 Å². The molecule has 0 aromatic rings. The molecule has 0 aliphatic rings. The third-order valence-corrected chi connectivity index (χ3v) is 1.37. The summed E-state index contributed by atoms with van der Waals surface area (Å²) in [6.45, 7) is 0.0786. The molecule has 1 N–H and O–H groups in total. The highest BCUT2D eigenvalue weighted by atomic mass is 31.2. The number of ether oxygens (including phenoxy) is 1. The van der Waals surface area contributed by atoms with Crippen LogP contribution in [0.3, 0.4) is 0 Å². The molecule has 0 spiro atoms. The number of phosphoric acid groups is 1. The maximum atomic E-state index is 10.4. The van der Waals surface area contributed by atoms with E-state index < -0.39 is 32.8 Å². The van der Waals surface area contributed by atoms with E-state index >= 15 is 0 Å². The van der Waals surface area contributed by atoms with Gasteiger partial charge in [0.05, 0.1) is 6.61 Å². The van der Waals surface area contributed by atoms with Gasteiger partial charge in [0, 0.05) is 6.92 Å². The van der Waals surface area contributed by atoms with Crippen LogP contribution in [0.4, 0.5) is 0 Å². The highest BCUT2D eigenvalue weighted by molar-refractivity contribution is 7.44. The van der Waals surface area contributed by atoms with E-state index in [1.54, 1.807) is 0 Å². The first kappa shape index (κ1) is 12.2. The third-order valence-electron chi connectivity index (χ3n) is 0.858. The molecule has 0 aromatic carbocycles. The van der Waals surface area contributed by atoms with Crippen LogP contribution >= 0.6 is 7.82 Å². The van der Waals surface area contributed by atoms with Gasteiger partial charge in [0.25, 0.3) is 7.82 Å². The summed E-state index contributed by atoms with van der Waals surface area (Å²) in [5.41, 5.74) is 0. The van der Waals surface area contributed by atoms with Crippen molar-refractivity contribution in [2.45, 2.75) is 6.92 Å². The summed E-state index contributed by atoms with van der Waals surface area (Å²) in [5.74, 6) is -1.88. The Labute approximate surface area is 73.9 Å². The van der Waals surface area contributed by atoms with Crippen molar-refractivity contribution >= 4 is 19.6 Å². The monoisotopic (exact) mass is 211 g/mol. The van der Waals surface area contributed by atoms with Gasteiger partial charge in [0.15, 0.2) is 0 Å². The molecule has 0 aliphatic carbocycles. The minimum Gasteiger partial charge on any atom is -0.756 e. The van der Waals surface area contributed by atoms with Crippen LogP contribution in [0.5, 0.6) is 0 Å². The molecule has 0 fully saturated rings. The molecule has 76 valence electrons. The average Bonchev–Trinajstić information content (AvgIpc) is 1.95. The lowest BCUT2D eigenvalue weighted by Gasteiger charge is -2.14. The molecule has 13 heavy (non-hydrogen) atoms. The lowest BCUT2D eigenvalue weighted by atomic mass is 10.5. The second-order valence-corrected chi connectivity index (χ2v) is 3.19. The number of ketones is 1. The van der Waals surface area contributed by atoms with Crippen molar-refractivity contribution in [3.63, 3.8) is 0 Å². The van der Waals surface area contributed by atoms with Gasteiger partial charge in [-0.3, -0.25) is 9.36 Å². The minimum atomic E-state index is -4.78. The van der Waals surface area contributed by atoms with Crippen LogP contribution in [0.2, 0.25) is 0 Å². The van der Waals surface area contributed by atoms with Crippen LogP contribution in [0.25, 0.3) is 0 Å². The van der Waals surface area contributed by atoms with E-state index in [1.165, 1.54) is 0 Å². The molecule has 0 saturated carbocycles. The summed E-state index contributed by atoms with van der Waals surface area (Å²) in [6, 6.07) is 0. The average molecular weight is 211 g/mol. The quantitative estimate of drug-likeness (QED) is 0.257. The second kappa shape index (κ2) is 5.08. The Balaban J connectivity index is 3.53. The number of carbonyl (C=O) groups is 2. The van der Waals surface area contributed by atoms with Crippen molar-refractivity contribution in [1.82, 2.24) is 0 Å². The Morgan fingerprint density at radius 1 is 1.46 bits per heavy atom. The number of esters is 1. The van der Waals surface area contributed by atoms with Crippen molar-refractivity contribution in [3.05, 3.63) is 0 Å². The lowest BCUT2D eigenvalue weighted by molar-refractivity contribution is -0.220. The number of Topliss-reactive ketones (excluding diaryl/α,β-unsaturated/α-hetero) is 1. The Hall–Kier alpha value is -0.750. The highest BCUT2D eigenvalue weighted by Gasteiger charge is 2.08. The van der Waals surface area contributed by atoms with Crippen molar-refractivity contribution in [2.24, 2.45) is 0 Å². The molecule has 1 unspecified atom stereocenters. The minimum absolute atomic E-state index is 0.412. The van der Waals surface area contributed by atoms with Crippen molar-refractivity contribution in [2.75, 3.05) is 13.2 Å². The van der Waals surface area contributed by atoms with Gasteiger partial charge < -0.3 is 19.0 Å². The molecule has 1 atom stereocenters. The molecule has 0 radical (unpaired) electrons. The SMILES string of the molecule is CC(=O)C(=O)OCCOP(=O)([O-])O. The van der Waals surface area contributed by atoms with Crippen molar-refractivity contribution in [3.8, 4) is 0 Å². The maximum Gasteiger partial charge on any atom is 0.374 e. The van der Waals surface area contributed by atoms with E-state index in [2.05, 4.69) is 9.26 Å². The van der Waals surface area contributed by atoms with E-state index in [1.807, 2.05) is 0 Å². The predicted octanol–water partition coefficient (Wildman–Crippen LogP) is -1.40. The largest absolute Gasteiger partial charge is 0.756 e. The first-order valence-corrected chi connectivity index (χ1v) is 4.68. The van der Waals surface area contributed by atoms with E-state index in [4.69, 9.17) is 4.89 Å². The van der Waals surface area contributed by atoms with Gasteiger partial charge in [-0.15, -0.1) is 0 Å². The smallest absolute Gasteiger partial charge is 0.374 e. The molecule has 0 aliphatic heterocycles. The molecular weight excluding hydrogens is 203 g/mol. The normalized spacial score (nSPS) is 14.7. The number of hydrogen-bond acceptors (Lipinski definition) is 6. The summed E-state index contributed by atoms with van der Waals surface area (Å²) in [5, 5.41) is 0. The highest BCUT2D eigenvalue weighted by Crippen LogP contribution is 2.29. The van der Waals surface area contributed by atoms with Crippen LogP contribution in [0.15, 0.2) is 0 Å². The molecule has 0 bridgehead atoms. The summed E-state index contributed by atoms with van der Waals surface area (Å²) < 4.78 is 18.0. The Morgan fingerprint density at radius 3 is 2.38 bits per heavy atom. The zero-order valence-electron chi connectivity index (χ0n) is 6.76. The van der Waals surface area contributed by atoms with Gasteiger partial charge in [0.2, 0.25) is 5.78 Å². The first-order valence-electron chi connectivity index (χ1n) is 3.19. The van der Waals surface area contributed by atoms with Gasteiger partial charge in [-0.1, -0.05) is 0 Å². The Morgan fingerprint density at radius 2 is 2.00 bits per heavy atom. The van der Waals surface area contributed by atoms with Crippen LogP contribution < -0.4 is 4.89 Å². The molecule has 7 nitrogen and oxygen atoms in total. The lowest BCUT2D eigenvalue weighted by Crippen LogP contribution is -2.17. The first-order chi connectivity index (χ1) is 5.83. The fourth-order valence-corrected chi connectivity index (χ4v) is 0.694. The maximum absolute atomic E-state index is 10.4. The van der Waals surface area contributed by atoms with E-state index in [0.717, 1.165) is 6.92 Å². The van der Waals surface area contributed by atoms with Crippen molar-refractivity contribution < 1.29 is 33.2 Å². The van der Waals surface area contributed by atoms with Gasteiger partial charge in [-0.05, 0) is 0 Å². The summed E-state index contributed by atoms with van der Waals surface area (Å²) in [7, 11) is -4.78. The molecule has 8 heteroatoms. The van der Waals surface area contributed by atoms with Crippen LogP contribution in [-0.4, -0.2) is 29.9 Å². The van der Waals surface area contributed by atoms with Crippen LogP contribution in [0.1, 0.15) is 6.92 Å². The standard InChI is InChI=1S/C5H9O7P/c1-4(6)5(7)11-2-3-12-13(8,9)10/h2-3H2,1H3,(H2,8,9,10)/p-1. The van der Waals surface area contributed by atoms with E-state index in [9.17, 15) is 19.0 Å². The predicted molar refractivity (Wildman–Crippen MR) is 37.4 cm³/mol. The number of hydrogen-bond donors (Lipinski definition) is 1. The number of rotatable bonds is 5. The third kappa shape index (κ3) is 7.61. The summed E-state index contributed by atoms with van der Waals surface area (Å²) >= 11 is 0. The zero-order valence-corrected chi connectivity index (χ0v) is 7.65. The summed E-state index contributed by atoms with van der Waals surface area (Å²) in [6.07, 6.45) is 0. The molecule has 0 heterocycles. The summed E-state index contributed by atoms with van der Waals surface area (Å²) in [4.78, 5) is 38.7.